The van der Waals surface area contributed by atoms with E-state index >= 15 is 0 Å². The summed E-state index contributed by atoms with van der Waals surface area (Å²) in [5.74, 6) is 0.314. The molecule has 1 fully saturated rings. The first-order valence-electron chi connectivity index (χ1n) is 8.36. The van der Waals surface area contributed by atoms with Crippen LogP contribution in [0.1, 0.15) is 19.8 Å². The van der Waals surface area contributed by atoms with Crippen LogP contribution in [0.15, 0.2) is 47.6 Å². The second-order valence-corrected chi connectivity index (χ2v) is 7.62. The van der Waals surface area contributed by atoms with E-state index in [9.17, 15) is 9.18 Å². The minimum atomic E-state index is -0.200. The van der Waals surface area contributed by atoms with Gasteiger partial charge in [0.1, 0.15) is 5.82 Å². The summed E-state index contributed by atoms with van der Waals surface area (Å²) in [7, 11) is 0. The second kappa shape index (κ2) is 8.29. The number of piperidine rings is 1. The highest BCUT2D eigenvalue weighted by atomic mass is 32.2. The number of benzene rings is 1. The van der Waals surface area contributed by atoms with E-state index in [4.69, 9.17) is 0 Å². The van der Waals surface area contributed by atoms with E-state index in [-0.39, 0.29) is 11.8 Å². The predicted molar refractivity (Wildman–Crippen MR) is 97.1 cm³/mol. The molecule has 0 bridgehead atoms. The van der Waals surface area contributed by atoms with E-state index in [1.54, 1.807) is 36.2 Å². The number of halogens is 1. The maximum absolute atomic E-state index is 13.3. The Bertz CT molecular complexity index is 707. The summed E-state index contributed by atoms with van der Waals surface area (Å²) in [4.78, 5) is 15.1. The van der Waals surface area contributed by atoms with Crippen molar-refractivity contribution in [1.29, 1.82) is 0 Å². The zero-order chi connectivity index (χ0) is 17.6. The second-order valence-electron chi connectivity index (χ2n) is 6.17. The fourth-order valence-electron chi connectivity index (χ4n) is 2.99. The minimum Gasteiger partial charge on any atom is -0.325 e. The van der Waals surface area contributed by atoms with Gasteiger partial charge in [-0.05, 0) is 43.0 Å². The van der Waals surface area contributed by atoms with E-state index in [1.165, 1.54) is 12.3 Å². The molecule has 25 heavy (non-hydrogen) atoms. The molecule has 2 amide bonds. The van der Waals surface area contributed by atoms with Gasteiger partial charge in [-0.15, -0.1) is 11.8 Å². The van der Waals surface area contributed by atoms with Crippen molar-refractivity contribution in [2.45, 2.75) is 29.9 Å². The number of hydrogen-bond donors (Lipinski definition) is 1. The average molecular weight is 360 g/mol. The number of rotatable bonds is 4. The van der Waals surface area contributed by atoms with Crippen molar-refractivity contribution in [3.05, 3.63) is 48.5 Å². The van der Waals surface area contributed by atoms with Crippen LogP contribution in [-0.2, 0) is 0 Å². The normalized spacial score (nSPS) is 16.5. The van der Waals surface area contributed by atoms with Crippen molar-refractivity contribution in [2.24, 2.45) is 5.92 Å². The molecule has 0 spiro atoms. The number of anilines is 1. The molecule has 0 saturated carbocycles. The van der Waals surface area contributed by atoms with Crippen molar-refractivity contribution < 1.29 is 9.18 Å². The number of thioether (sulfide) groups is 1. The van der Waals surface area contributed by atoms with Gasteiger partial charge in [0, 0.05) is 23.2 Å². The molecule has 0 radical (unpaired) electrons. The van der Waals surface area contributed by atoms with Crippen molar-refractivity contribution in [3.8, 4) is 0 Å². The van der Waals surface area contributed by atoms with Crippen LogP contribution in [-0.4, -0.2) is 39.5 Å². The lowest BCUT2D eigenvalue weighted by Gasteiger charge is -2.34. The van der Waals surface area contributed by atoms with Gasteiger partial charge in [-0.2, -0.15) is 10.2 Å². The van der Waals surface area contributed by atoms with Gasteiger partial charge in [0.15, 0.2) is 0 Å². The molecular weight excluding hydrogens is 339 g/mol. The highest BCUT2D eigenvalue weighted by Gasteiger charge is 2.27. The van der Waals surface area contributed by atoms with Crippen LogP contribution in [0.4, 0.5) is 14.9 Å². The molecule has 1 aromatic heterocycles. The predicted octanol–water partition coefficient (Wildman–Crippen LogP) is 4.04. The smallest absolute Gasteiger partial charge is 0.321 e. The fourth-order valence-corrected chi connectivity index (χ4v) is 4.22. The van der Waals surface area contributed by atoms with Crippen LogP contribution in [0.3, 0.4) is 0 Å². The van der Waals surface area contributed by atoms with Gasteiger partial charge < -0.3 is 10.2 Å². The Labute approximate surface area is 151 Å². The summed E-state index contributed by atoms with van der Waals surface area (Å²) in [5, 5.41) is 10.7. The van der Waals surface area contributed by atoms with Crippen LogP contribution in [0.2, 0.25) is 0 Å². The zero-order valence-electron chi connectivity index (χ0n) is 14.1. The third-order valence-electron chi connectivity index (χ3n) is 4.44. The van der Waals surface area contributed by atoms with Crippen LogP contribution in [0, 0.1) is 11.7 Å². The highest BCUT2D eigenvalue weighted by Crippen LogP contribution is 2.33. The number of nitrogens with zero attached hydrogens (tertiary/aromatic N) is 3. The third-order valence-corrected chi connectivity index (χ3v) is 5.73. The Morgan fingerprint density at radius 1 is 1.32 bits per heavy atom. The van der Waals surface area contributed by atoms with Gasteiger partial charge in [0.05, 0.1) is 18.1 Å². The van der Waals surface area contributed by atoms with Crippen molar-refractivity contribution in [2.75, 3.05) is 18.4 Å². The van der Waals surface area contributed by atoms with Crippen molar-refractivity contribution in [1.82, 2.24) is 15.1 Å². The summed E-state index contributed by atoms with van der Waals surface area (Å²) >= 11 is 1.70. The molecule has 3 rings (SSSR count). The molecule has 5 nitrogen and oxygen atoms in total. The quantitative estimate of drug-likeness (QED) is 0.836. The number of nitrogens with one attached hydrogen (secondary N) is 1. The van der Waals surface area contributed by atoms with E-state index in [0.717, 1.165) is 30.8 Å². The van der Waals surface area contributed by atoms with Gasteiger partial charge in [-0.25, -0.2) is 9.18 Å². The summed E-state index contributed by atoms with van der Waals surface area (Å²) < 4.78 is 13.3. The summed E-state index contributed by atoms with van der Waals surface area (Å²) in [6.07, 6.45) is 4.98. The van der Waals surface area contributed by atoms with Crippen LogP contribution in [0.25, 0.3) is 0 Å². The monoisotopic (exact) mass is 360 g/mol. The fraction of sp³-hybridized carbons (Fsp3) is 0.389. The molecule has 1 saturated heterocycles. The lowest BCUT2D eigenvalue weighted by atomic mass is 9.94. The maximum Gasteiger partial charge on any atom is 0.321 e. The zero-order valence-corrected chi connectivity index (χ0v) is 14.9. The van der Waals surface area contributed by atoms with Crippen LogP contribution >= 0.6 is 11.8 Å². The number of carbonyl (C=O) groups is 1. The van der Waals surface area contributed by atoms with E-state index in [2.05, 4.69) is 22.4 Å². The highest BCUT2D eigenvalue weighted by molar-refractivity contribution is 8.00. The molecule has 1 unspecified atom stereocenters. The van der Waals surface area contributed by atoms with Gasteiger partial charge in [-0.1, -0.05) is 13.0 Å². The Morgan fingerprint density at radius 3 is 2.80 bits per heavy atom. The number of aromatic nitrogens is 2. The summed E-state index contributed by atoms with van der Waals surface area (Å²) in [6.45, 7) is 3.63. The number of amides is 2. The largest absolute Gasteiger partial charge is 0.325 e. The molecule has 0 aliphatic carbocycles. The van der Waals surface area contributed by atoms with Gasteiger partial charge in [0.2, 0.25) is 0 Å². The molecule has 2 aromatic rings. The number of likely N-dealkylation sites (tertiary alicyclic amines) is 1. The molecule has 2 heterocycles. The minimum absolute atomic E-state index is 0.100. The van der Waals surface area contributed by atoms with Crippen LogP contribution in [0.5, 0.6) is 0 Å². The van der Waals surface area contributed by atoms with E-state index in [1.807, 2.05) is 11.0 Å². The molecule has 1 aliphatic heterocycles. The molecule has 132 valence electrons. The number of hydrogen-bond acceptors (Lipinski definition) is 4. The Morgan fingerprint density at radius 2 is 2.12 bits per heavy atom. The van der Waals surface area contributed by atoms with Crippen molar-refractivity contribution >= 4 is 23.5 Å². The number of carbonyl (C=O) groups excluding carboxylic acids is 1. The Hall–Kier alpha value is -2.15. The molecule has 1 aromatic carbocycles. The van der Waals surface area contributed by atoms with Gasteiger partial charge in [0.25, 0.3) is 0 Å². The maximum atomic E-state index is 13.3. The lowest BCUT2D eigenvalue weighted by molar-refractivity contribution is 0.182. The SMILES string of the molecule is CC(Sc1cccc(F)c1)C1CCN(C(=O)Nc2ccnnc2)CC1. The standard InChI is InChI=1S/C18H21FN4OS/c1-13(25-17-4-2-3-15(19)11-17)14-6-9-23(10-7-14)18(24)22-16-5-8-20-21-12-16/h2-5,8,11-14H,6-7,9-10H2,1H3,(H,20,22,24). The topological polar surface area (TPSA) is 58.1 Å². The lowest BCUT2D eigenvalue weighted by Crippen LogP contribution is -2.42. The molecule has 1 N–H and O–H groups in total. The molecule has 7 heteroatoms. The first kappa shape index (κ1) is 17.7. The molecule has 1 aliphatic rings. The third kappa shape index (κ3) is 4.92. The van der Waals surface area contributed by atoms with Gasteiger partial charge >= 0.3 is 6.03 Å². The van der Waals surface area contributed by atoms with Crippen molar-refractivity contribution in [3.63, 3.8) is 0 Å². The Balaban J connectivity index is 1.48. The van der Waals surface area contributed by atoms with Gasteiger partial charge in [-0.3, -0.25) is 0 Å². The molecular formula is C18H21FN4OS. The first-order chi connectivity index (χ1) is 12.1. The first-order valence-corrected chi connectivity index (χ1v) is 9.24. The number of urea groups is 1. The van der Waals surface area contributed by atoms with E-state index < -0.39 is 0 Å². The average Bonchev–Trinajstić information content (AvgIpc) is 2.62. The summed E-state index contributed by atoms with van der Waals surface area (Å²) in [6, 6.07) is 8.34. The van der Waals surface area contributed by atoms with E-state index in [0.29, 0.717) is 16.9 Å². The van der Waals surface area contributed by atoms with Crippen LogP contribution < -0.4 is 5.32 Å². The molecule has 1 atom stereocenters. The summed E-state index contributed by atoms with van der Waals surface area (Å²) in [5.41, 5.74) is 0.650. The Kier molecular flexibility index (Phi) is 5.86.